The van der Waals surface area contributed by atoms with Crippen molar-refractivity contribution in [2.45, 2.75) is 6.92 Å². The Balaban J connectivity index is 1.87. The first-order chi connectivity index (χ1) is 11.0. The molecule has 1 amide bonds. The number of hydrazone groups is 1. The maximum absolute atomic E-state index is 13.5. The Bertz CT molecular complexity index is 731. The number of benzene rings is 2. The van der Waals surface area contributed by atoms with Crippen LogP contribution in [-0.4, -0.2) is 18.7 Å². The molecule has 0 aromatic heterocycles. The number of rotatable bonds is 5. The van der Waals surface area contributed by atoms with Crippen LogP contribution in [-0.2, 0) is 4.79 Å². The highest BCUT2D eigenvalue weighted by Gasteiger charge is 2.05. The lowest BCUT2D eigenvalue weighted by Gasteiger charge is -2.06. The second-order valence-electron chi connectivity index (χ2n) is 4.63. The monoisotopic (exact) mass is 354 g/mol. The van der Waals surface area contributed by atoms with Gasteiger partial charge in [-0.3, -0.25) is 4.79 Å². The molecular weight excluding hydrogens is 342 g/mol. The van der Waals surface area contributed by atoms with Crippen LogP contribution < -0.4 is 10.2 Å². The first kappa shape index (κ1) is 17.2. The van der Waals surface area contributed by atoms with Gasteiger partial charge in [0.25, 0.3) is 5.91 Å². The van der Waals surface area contributed by atoms with Crippen molar-refractivity contribution in [3.05, 3.63) is 63.4 Å². The zero-order valence-electron chi connectivity index (χ0n) is 12.1. The highest BCUT2D eigenvalue weighted by Crippen LogP contribution is 2.21. The number of carbonyl (C=O) groups excluding carboxylic acids is 1. The van der Waals surface area contributed by atoms with E-state index in [-0.39, 0.29) is 17.2 Å². The van der Waals surface area contributed by atoms with Gasteiger partial charge >= 0.3 is 0 Å². The number of aryl methyl sites for hydroxylation is 1. The summed E-state index contributed by atoms with van der Waals surface area (Å²) in [5.41, 5.74) is 3.18. The van der Waals surface area contributed by atoms with Crippen LogP contribution in [0.25, 0.3) is 0 Å². The second-order valence-corrected chi connectivity index (χ2v) is 5.44. The molecule has 0 heterocycles. The van der Waals surface area contributed by atoms with Crippen molar-refractivity contribution < 1.29 is 13.9 Å². The molecule has 1 N–H and O–H groups in total. The summed E-state index contributed by atoms with van der Waals surface area (Å²) in [4.78, 5) is 11.6. The largest absolute Gasteiger partial charge is 0.484 e. The van der Waals surface area contributed by atoms with E-state index >= 15 is 0 Å². The van der Waals surface area contributed by atoms with Crippen molar-refractivity contribution in [3.63, 3.8) is 0 Å². The standard InChI is InChI=1S/C16H13Cl2FN2O2/c1-10-7-11(5-6-13(10)17)23-9-16(22)21-20-8-12-14(18)3-2-4-15(12)19/h2-8H,9H2,1H3,(H,21,22)/b20-8+. The molecule has 7 heteroatoms. The molecule has 23 heavy (non-hydrogen) atoms. The van der Waals surface area contributed by atoms with Crippen LogP contribution in [0.15, 0.2) is 41.5 Å². The third-order valence-electron chi connectivity index (χ3n) is 2.88. The smallest absolute Gasteiger partial charge is 0.277 e. The molecule has 4 nitrogen and oxygen atoms in total. The normalized spacial score (nSPS) is 10.8. The predicted molar refractivity (Wildman–Crippen MR) is 88.8 cm³/mol. The number of hydrogen-bond donors (Lipinski definition) is 1. The fourth-order valence-corrected chi connectivity index (χ4v) is 2.02. The molecule has 2 rings (SSSR count). The minimum atomic E-state index is -0.525. The van der Waals surface area contributed by atoms with Crippen LogP contribution in [0.1, 0.15) is 11.1 Å². The fraction of sp³-hybridized carbons (Fsp3) is 0.125. The van der Waals surface area contributed by atoms with Crippen molar-refractivity contribution in [2.24, 2.45) is 5.10 Å². The highest BCUT2D eigenvalue weighted by molar-refractivity contribution is 6.33. The van der Waals surface area contributed by atoms with Gasteiger partial charge in [0.2, 0.25) is 0 Å². The van der Waals surface area contributed by atoms with Crippen molar-refractivity contribution >= 4 is 35.3 Å². The Morgan fingerprint density at radius 1 is 1.30 bits per heavy atom. The summed E-state index contributed by atoms with van der Waals surface area (Å²) in [7, 11) is 0. The number of amides is 1. The summed E-state index contributed by atoms with van der Waals surface area (Å²) in [6.45, 7) is 1.60. The summed E-state index contributed by atoms with van der Waals surface area (Å²) in [6, 6.07) is 9.32. The Labute approximate surface area is 142 Å². The van der Waals surface area contributed by atoms with Crippen LogP contribution in [0.5, 0.6) is 5.75 Å². The van der Waals surface area contributed by atoms with E-state index in [2.05, 4.69) is 10.5 Å². The predicted octanol–water partition coefficient (Wildman–Crippen LogP) is 3.97. The molecule has 0 fully saturated rings. The van der Waals surface area contributed by atoms with Gasteiger partial charge in [-0.05, 0) is 42.8 Å². The minimum Gasteiger partial charge on any atom is -0.484 e. The lowest BCUT2D eigenvalue weighted by Crippen LogP contribution is -2.24. The zero-order chi connectivity index (χ0) is 16.8. The fourth-order valence-electron chi connectivity index (χ4n) is 1.69. The van der Waals surface area contributed by atoms with Gasteiger partial charge in [-0.15, -0.1) is 0 Å². The van der Waals surface area contributed by atoms with Gasteiger partial charge in [0, 0.05) is 10.6 Å². The number of nitrogens with one attached hydrogen (secondary N) is 1. The van der Waals surface area contributed by atoms with Crippen molar-refractivity contribution in [1.82, 2.24) is 5.43 Å². The number of hydrogen-bond acceptors (Lipinski definition) is 3. The molecule has 0 spiro atoms. The third-order valence-corrected chi connectivity index (χ3v) is 3.64. The van der Waals surface area contributed by atoms with Gasteiger partial charge in [0.15, 0.2) is 6.61 Å². The molecule has 0 radical (unpaired) electrons. The first-order valence-electron chi connectivity index (χ1n) is 6.62. The molecule has 0 bridgehead atoms. The van der Waals surface area contributed by atoms with Gasteiger partial charge in [-0.25, -0.2) is 9.82 Å². The Hall–Kier alpha value is -2.11. The van der Waals surface area contributed by atoms with E-state index in [4.69, 9.17) is 27.9 Å². The van der Waals surface area contributed by atoms with E-state index in [0.29, 0.717) is 10.8 Å². The summed E-state index contributed by atoms with van der Waals surface area (Å²) in [6.07, 6.45) is 1.14. The van der Waals surface area contributed by atoms with E-state index in [1.165, 1.54) is 18.2 Å². The van der Waals surface area contributed by atoms with E-state index in [1.807, 2.05) is 6.92 Å². The average molecular weight is 355 g/mol. The molecule has 0 unspecified atom stereocenters. The molecular formula is C16H13Cl2FN2O2. The Kier molecular flexibility index (Phi) is 5.96. The first-order valence-corrected chi connectivity index (χ1v) is 7.38. The van der Waals surface area contributed by atoms with E-state index in [9.17, 15) is 9.18 Å². The van der Waals surface area contributed by atoms with Crippen LogP contribution in [0.3, 0.4) is 0 Å². The number of ether oxygens (including phenoxy) is 1. The molecule has 0 aliphatic heterocycles. The molecule has 2 aromatic carbocycles. The topological polar surface area (TPSA) is 50.7 Å². The molecule has 0 atom stereocenters. The molecule has 0 saturated heterocycles. The molecule has 2 aromatic rings. The Morgan fingerprint density at radius 2 is 2.09 bits per heavy atom. The van der Waals surface area contributed by atoms with Crippen LogP contribution in [0.2, 0.25) is 10.0 Å². The molecule has 120 valence electrons. The van der Waals surface area contributed by atoms with Gasteiger partial charge in [-0.2, -0.15) is 5.10 Å². The summed E-state index contributed by atoms with van der Waals surface area (Å²) >= 11 is 11.7. The maximum atomic E-state index is 13.5. The molecule has 0 saturated carbocycles. The van der Waals surface area contributed by atoms with Gasteiger partial charge in [-0.1, -0.05) is 29.3 Å². The molecule has 0 aliphatic rings. The summed E-state index contributed by atoms with van der Waals surface area (Å²) < 4.78 is 18.8. The minimum absolute atomic E-state index is 0.101. The highest BCUT2D eigenvalue weighted by atomic mass is 35.5. The second kappa shape index (κ2) is 7.94. The van der Waals surface area contributed by atoms with Crippen molar-refractivity contribution in [3.8, 4) is 5.75 Å². The lowest BCUT2D eigenvalue weighted by molar-refractivity contribution is -0.123. The maximum Gasteiger partial charge on any atom is 0.277 e. The van der Waals surface area contributed by atoms with Crippen LogP contribution >= 0.6 is 23.2 Å². The number of halogens is 3. The van der Waals surface area contributed by atoms with Crippen LogP contribution in [0, 0.1) is 12.7 Å². The number of nitrogens with zero attached hydrogens (tertiary/aromatic N) is 1. The lowest BCUT2D eigenvalue weighted by atomic mass is 10.2. The van der Waals surface area contributed by atoms with E-state index < -0.39 is 11.7 Å². The summed E-state index contributed by atoms with van der Waals surface area (Å²) in [5.74, 6) is -0.493. The zero-order valence-corrected chi connectivity index (χ0v) is 13.7. The van der Waals surface area contributed by atoms with E-state index in [0.717, 1.165) is 11.8 Å². The van der Waals surface area contributed by atoms with Gasteiger partial charge < -0.3 is 4.74 Å². The van der Waals surface area contributed by atoms with E-state index in [1.54, 1.807) is 18.2 Å². The van der Waals surface area contributed by atoms with Gasteiger partial charge in [0.1, 0.15) is 11.6 Å². The van der Waals surface area contributed by atoms with Crippen molar-refractivity contribution in [2.75, 3.05) is 6.61 Å². The third kappa shape index (κ3) is 4.94. The Morgan fingerprint density at radius 3 is 2.78 bits per heavy atom. The van der Waals surface area contributed by atoms with Gasteiger partial charge in [0.05, 0.1) is 11.2 Å². The van der Waals surface area contributed by atoms with Crippen molar-refractivity contribution in [1.29, 1.82) is 0 Å². The quantitative estimate of drug-likeness (QED) is 0.652. The molecule has 0 aliphatic carbocycles. The average Bonchev–Trinajstić information content (AvgIpc) is 2.51. The summed E-state index contributed by atoms with van der Waals surface area (Å²) in [5, 5.41) is 4.48. The SMILES string of the molecule is Cc1cc(OCC(=O)N/N=C/c2c(F)cccc2Cl)ccc1Cl. The van der Waals surface area contributed by atoms with Crippen LogP contribution in [0.4, 0.5) is 4.39 Å². The number of carbonyl (C=O) groups is 1.